The Balaban J connectivity index is 3.04. The van der Waals surface area contributed by atoms with E-state index in [2.05, 4.69) is 41.8 Å². The zero-order valence-corrected chi connectivity index (χ0v) is 11.3. The fourth-order valence-corrected chi connectivity index (χ4v) is 2.33. The molecule has 2 heterocycles. The van der Waals surface area contributed by atoms with Crippen molar-refractivity contribution in [3.63, 3.8) is 0 Å². The van der Waals surface area contributed by atoms with Crippen molar-refractivity contribution in [1.82, 2.24) is 9.97 Å². The number of pyridine rings is 2. The van der Waals surface area contributed by atoms with Gasteiger partial charge in [-0.25, -0.2) is 14.4 Å². The minimum absolute atomic E-state index is 0.232. The van der Waals surface area contributed by atoms with Crippen molar-refractivity contribution in [2.75, 3.05) is 0 Å². The second-order valence-electron chi connectivity index (χ2n) is 3.26. The van der Waals surface area contributed by atoms with Gasteiger partial charge in [0.05, 0.1) is 0 Å². The van der Waals surface area contributed by atoms with Gasteiger partial charge in [0.25, 0.3) is 0 Å². The Hall–Kier alpha value is -0.550. The van der Waals surface area contributed by atoms with Crippen LogP contribution in [0.3, 0.4) is 0 Å². The molecule has 5 heteroatoms. The van der Waals surface area contributed by atoms with Crippen molar-refractivity contribution in [1.29, 1.82) is 0 Å². The van der Waals surface area contributed by atoms with Crippen LogP contribution in [0.4, 0.5) is 4.39 Å². The standard InChI is InChI=1S/C10H7Br2FN2/c1-4-5(2)15-9(11)6-3-14-10(12)8(13)7(4)6/h3H,1-2H3. The number of rotatable bonds is 0. The van der Waals surface area contributed by atoms with E-state index >= 15 is 0 Å². The highest BCUT2D eigenvalue weighted by Crippen LogP contribution is 2.30. The summed E-state index contributed by atoms with van der Waals surface area (Å²) in [6.07, 6.45) is 1.60. The predicted octanol–water partition coefficient (Wildman–Crippen LogP) is 3.91. The first-order chi connectivity index (χ1) is 7.02. The van der Waals surface area contributed by atoms with E-state index in [9.17, 15) is 4.39 Å². The molecule has 0 radical (unpaired) electrons. The van der Waals surface area contributed by atoms with Crippen LogP contribution in [0.2, 0.25) is 0 Å². The van der Waals surface area contributed by atoms with Gasteiger partial charge in [-0.3, -0.25) is 0 Å². The molecule has 2 aromatic rings. The van der Waals surface area contributed by atoms with Crippen LogP contribution in [0.25, 0.3) is 10.8 Å². The molecular formula is C10H7Br2FN2. The van der Waals surface area contributed by atoms with Crippen LogP contribution >= 0.6 is 31.9 Å². The summed E-state index contributed by atoms with van der Waals surface area (Å²) in [5, 5.41) is 1.26. The van der Waals surface area contributed by atoms with Gasteiger partial charge in [-0.1, -0.05) is 0 Å². The molecule has 0 amide bonds. The number of fused-ring (bicyclic) bond motifs is 1. The first-order valence-corrected chi connectivity index (χ1v) is 5.87. The summed E-state index contributed by atoms with van der Waals surface area (Å²) in [4.78, 5) is 8.18. The highest BCUT2D eigenvalue weighted by molar-refractivity contribution is 9.10. The van der Waals surface area contributed by atoms with Gasteiger partial charge in [0, 0.05) is 22.7 Å². The molecule has 0 N–H and O–H groups in total. The number of hydrogen-bond acceptors (Lipinski definition) is 2. The van der Waals surface area contributed by atoms with Gasteiger partial charge in [0.2, 0.25) is 0 Å². The molecule has 2 nitrogen and oxygen atoms in total. The average molecular weight is 334 g/mol. The maximum absolute atomic E-state index is 13.9. The van der Waals surface area contributed by atoms with E-state index in [4.69, 9.17) is 0 Å². The Morgan fingerprint density at radius 2 is 1.87 bits per heavy atom. The zero-order valence-electron chi connectivity index (χ0n) is 8.11. The third-order valence-electron chi connectivity index (χ3n) is 2.38. The van der Waals surface area contributed by atoms with E-state index in [1.54, 1.807) is 6.20 Å². The minimum Gasteiger partial charge on any atom is -0.245 e. The number of aryl methyl sites for hydroxylation is 2. The molecule has 0 aliphatic rings. The maximum atomic E-state index is 13.9. The lowest BCUT2D eigenvalue weighted by Gasteiger charge is -2.08. The van der Waals surface area contributed by atoms with Crippen molar-refractivity contribution in [3.05, 3.63) is 32.5 Å². The van der Waals surface area contributed by atoms with Gasteiger partial charge < -0.3 is 0 Å². The van der Waals surface area contributed by atoms with Crippen molar-refractivity contribution < 1.29 is 4.39 Å². The smallest absolute Gasteiger partial charge is 0.164 e. The first-order valence-electron chi connectivity index (χ1n) is 4.28. The second-order valence-corrected chi connectivity index (χ2v) is 4.77. The van der Waals surface area contributed by atoms with Crippen LogP contribution in [0.1, 0.15) is 11.3 Å². The van der Waals surface area contributed by atoms with Gasteiger partial charge in [0.15, 0.2) is 5.82 Å². The van der Waals surface area contributed by atoms with Gasteiger partial charge in [-0.2, -0.15) is 0 Å². The van der Waals surface area contributed by atoms with Crippen LogP contribution in [-0.2, 0) is 0 Å². The first kappa shape index (κ1) is 11.0. The third-order valence-corrected chi connectivity index (χ3v) is 3.54. The molecule has 0 aromatic carbocycles. The minimum atomic E-state index is -0.337. The molecule has 15 heavy (non-hydrogen) atoms. The van der Waals surface area contributed by atoms with E-state index in [0.29, 0.717) is 15.4 Å². The van der Waals surface area contributed by atoms with Crippen LogP contribution in [0.15, 0.2) is 15.4 Å². The summed E-state index contributed by atoms with van der Waals surface area (Å²) in [5.74, 6) is -0.337. The molecule has 0 saturated heterocycles. The number of hydrogen-bond donors (Lipinski definition) is 0. The summed E-state index contributed by atoms with van der Waals surface area (Å²) < 4.78 is 14.7. The van der Waals surface area contributed by atoms with Gasteiger partial charge in [-0.05, 0) is 51.3 Å². The Morgan fingerprint density at radius 1 is 1.20 bits per heavy atom. The van der Waals surface area contributed by atoms with Gasteiger partial charge in [-0.15, -0.1) is 0 Å². The zero-order chi connectivity index (χ0) is 11.2. The molecule has 0 aliphatic heterocycles. The van der Waals surface area contributed by atoms with Crippen LogP contribution in [0.5, 0.6) is 0 Å². The largest absolute Gasteiger partial charge is 0.245 e. The Labute approximate surface area is 103 Å². The Bertz CT molecular complexity index is 547. The monoisotopic (exact) mass is 332 g/mol. The maximum Gasteiger partial charge on any atom is 0.164 e. The summed E-state index contributed by atoms with van der Waals surface area (Å²) in [6.45, 7) is 3.71. The second kappa shape index (κ2) is 3.79. The number of aromatic nitrogens is 2. The van der Waals surface area contributed by atoms with E-state index < -0.39 is 0 Å². The highest BCUT2D eigenvalue weighted by atomic mass is 79.9. The summed E-state index contributed by atoms with van der Waals surface area (Å²) in [7, 11) is 0. The Morgan fingerprint density at radius 3 is 2.53 bits per heavy atom. The van der Waals surface area contributed by atoms with Crippen LogP contribution < -0.4 is 0 Å². The van der Waals surface area contributed by atoms with Crippen molar-refractivity contribution in [3.8, 4) is 0 Å². The Kier molecular flexibility index (Phi) is 2.77. The van der Waals surface area contributed by atoms with Gasteiger partial charge >= 0.3 is 0 Å². The topological polar surface area (TPSA) is 25.8 Å². The molecule has 78 valence electrons. The lowest BCUT2D eigenvalue weighted by molar-refractivity contribution is 0.624. The highest BCUT2D eigenvalue weighted by Gasteiger charge is 2.13. The predicted molar refractivity (Wildman–Crippen MR) is 64.4 cm³/mol. The molecule has 0 saturated carbocycles. The molecule has 0 bridgehead atoms. The van der Waals surface area contributed by atoms with Gasteiger partial charge in [0.1, 0.15) is 9.21 Å². The molecular weight excluding hydrogens is 327 g/mol. The molecule has 0 unspecified atom stereocenters. The summed E-state index contributed by atoms with van der Waals surface area (Å²) in [5.41, 5.74) is 1.65. The average Bonchev–Trinajstić information content (AvgIpc) is 2.19. The van der Waals surface area contributed by atoms with E-state index in [0.717, 1.165) is 11.3 Å². The normalized spacial score (nSPS) is 11.0. The quantitative estimate of drug-likeness (QED) is 0.683. The molecule has 0 atom stereocenters. The summed E-state index contributed by atoms with van der Waals surface area (Å²) >= 11 is 6.39. The molecule has 0 spiro atoms. The van der Waals surface area contributed by atoms with Crippen molar-refractivity contribution in [2.24, 2.45) is 0 Å². The van der Waals surface area contributed by atoms with Crippen LogP contribution in [0, 0.1) is 19.7 Å². The lowest BCUT2D eigenvalue weighted by Crippen LogP contribution is -1.95. The summed E-state index contributed by atoms with van der Waals surface area (Å²) in [6, 6.07) is 0. The van der Waals surface area contributed by atoms with Crippen LogP contribution in [-0.4, -0.2) is 9.97 Å². The molecule has 0 fully saturated rings. The molecule has 2 aromatic heterocycles. The fourth-order valence-electron chi connectivity index (χ4n) is 1.46. The third kappa shape index (κ3) is 1.67. The SMILES string of the molecule is Cc1nc(Br)c2cnc(Br)c(F)c2c1C. The van der Waals surface area contributed by atoms with Crippen molar-refractivity contribution in [2.45, 2.75) is 13.8 Å². The number of nitrogens with zero attached hydrogens (tertiary/aromatic N) is 2. The van der Waals surface area contributed by atoms with E-state index in [1.807, 2.05) is 13.8 Å². The van der Waals surface area contributed by atoms with E-state index in [1.165, 1.54) is 0 Å². The molecule has 2 rings (SSSR count). The fraction of sp³-hybridized carbons (Fsp3) is 0.200. The van der Waals surface area contributed by atoms with E-state index in [-0.39, 0.29) is 10.4 Å². The number of halogens is 3. The lowest BCUT2D eigenvalue weighted by atomic mass is 10.1. The van der Waals surface area contributed by atoms with Crippen molar-refractivity contribution >= 4 is 42.6 Å². The molecule has 0 aliphatic carbocycles.